The number of ether oxygens (including phenoxy) is 2. The van der Waals surface area contributed by atoms with Crippen molar-refractivity contribution in [3.05, 3.63) is 40.2 Å². The van der Waals surface area contributed by atoms with Crippen LogP contribution in [0.25, 0.3) is 20.5 Å². The zero-order valence-electron chi connectivity index (χ0n) is 11.2. The molecule has 1 unspecified atom stereocenters. The first-order chi connectivity index (χ1) is 10.3. The summed E-state index contributed by atoms with van der Waals surface area (Å²) in [7, 11) is 1.58. The fraction of sp³-hybridized carbons (Fsp3) is 0.286. The van der Waals surface area contributed by atoms with Crippen molar-refractivity contribution in [1.29, 1.82) is 0 Å². The van der Waals surface area contributed by atoms with E-state index in [1.54, 1.807) is 19.5 Å². The fourth-order valence-electron chi connectivity index (χ4n) is 2.56. The number of methoxy groups -OCH3 is 1. The van der Waals surface area contributed by atoms with Crippen LogP contribution in [0.4, 0.5) is 0 Å². The number of rotatable bonds is 2. The van der Waals surface area contributed by atoms with Crippen LogP contribution in [0.15, 0.2) is 27.7 Å². The van der Waals surface area contributed by atoms with Crippen molar-refractivity contribution in [1.82, 2.24) is 10.2 Å². The second-order valence-electron chi connectivity index (χ2n) is 4.81. The molecule has 0 fully saturated rings. The summed E-state index contributed by atoms with van der Waals surface area (Å²) in [5, 5.41) is 7.59. The Morgan fingerprint density at radius 2 is 2.43 bits per heavy atom. The van der Waals surface area contributed by atoms with E-state index in [4.69, 9.17) is 13.9 Å². The predicted molar refractivity (Wildman–Crippen MR) is 77.3 cm³/mol. The zero-order valence-corrected chi connectivity index (χ0v) is 12.0. The van der Waals surface area contributed by atoms with Crippen molar-refractivity contribution in [2.75, 3.05) is 13.7 Å². The van der Waals surface area contributed by atoms with Crippen LogP contribution in [0.5, 0.6) is 0 Å². The molecule has 6 nitrogen and oxygen atoms in total. The Balaban J connectivity index is 1.99. The topological polar surface area (TPSA) is 77.3 Å². The molecule has 0 saturated carbocycles. The SMILES string of the molecule is COC1COCc2c1oc(=O)c1sc(-c3cn[nH]c3)cc21. The van der Waals surface area contributed by atoms with Gasteiger partial charge in [0.2, 0.25) is 0 Å². The molecule has 0 bridgehead atoms. The van der Waals surface area contributed by atoms with E-state index in [9.17, 15) is 4.79 Å². The van der Waals surface area contributed by atoms with Crippen LogP contribution in [-0.2, 0) is 16.1 Å². The van der Waals surface area contributed by atoms with Crippen molar-refractivity contribution in [2.45, 2.75) is 12.7 Å². The van der Waals surface area contributed by atoms with Crippen molar-refractivity contribution in [3.63, 3.8) is 0 Å². The molecule has 1 N–H and O–H groups in total. The highest BCUT2D eigenvalue weighted by Gasteiger charge is 2.27. The maximum absolute atomic E-state index is 12.2. The Morgan fingerprint density at radius 3 is 3.19 bits per heavy atom. The lowest BCUT2D eigenvalue weighted by atomic mass is 10.1. The first-order valence-electron chi connectivity index (χ1n) is 6.47. The first-order valence-corrected chi connectivity index (χ1v) is 7.28. The lowest BCUT2D eigenvalue weighted by molar-refractivity contribution is -0.0294. The number of aromatic amines is 1. The highest BCUT2D eigenvalue weighted by atomic mass is 32.1. The van der Waals surface area contributed by atoms with Gasteiger partial charge >= 0.3 is 5.63 Å². The normalized spacial score (nSPS) is 18.0. The van der Waals surface area contributed by atoms with E-state index in [-0.39, 0.29) is 11.7 Å². The molecular weight excluding hydrogens is 292 g/mol. The average Bonchev–Trinajstić information content (AvgIpc) is 3.16. The summed E-state index contributed by atoms with van der Waals surface area (Å²) < 4.78 is 17.0. The number of hydrogen-bond acceptors (Lipinski definition) is 6. The minimum Gasteiger partial charge on any atom is -0.424 e. The zero-order chi connectivity index (χ0) is 14.4. The highest BCUT2D eigenvalue weighted by Crippen LogP contribution is 2.37. The number of fused-ring (bicyclic) bond motifs is 3. The molecule has 4 heterocycles. The molecule has 1 aliphatic rings. The van der Waals surface area contributed by atoms with Gasteiger partial charge in [0.05, 0.1) is 19.4 Å². The van der Waals surface area contributed by atoms with E-state index >= 15 is 0 Å². The number of aromatic nitrogens is 2. The van der Waals surface area contributed by atoms with Crippen LogP contribution >= 0.6 is 11.3 Å². The van der Waals surface area contributed by atoms with E-state index in [2.05, 4.69) is 10.2 Å². The quantitative estimate of drug-likeness (QED) is 0.787. The molecule has 7 heteroatoms. The number of nitrogens with zero attached hydrogens (tertiary/aromatic N) is 1. The van der Waals surface area contributed by atoms with E-state index in [0.717, 1.165) is 21.4 Å². The highest BCUT2D eigenvalue weighted by molar-refractivity contribution is 7.22. The molecule has 3 aromatic rings. The standard InChI is InChI=1S/C14H12N2O4S/c1-18-10-6-19-5-9-8-2-11(7-3-15-16-4-7)21-13(8)14(17)20-12(9)10/h2-4,10H,5-6H2,1H3,(H,15,16). The van der Waals surface area contributed by atoms with Gasteiger partial charge in [0, 0.05) is 34.7 Å². The third-order valence-electron chi connectivity index (χ3n) is 3.62. The van der Waals surface area contributed by atoms with Crippen LogP contribution in [0, 0.1) is 0 Å². The van der Waals surface area contributed by atoms with Gasteiger partial charge in [-0.2, -0.15) is 5.10 Å². The maximum Gasteiger partial charge on any atom is 0.354 e. The van der Waals surface area contributed by atoms with Gasteiger partial charge in [-0.25, -0.2) is 4.79 Å². The third kappa shape index (κ3) is 1.93. The largest absolute Gasteiger partial charge is 0.424 e. The molecule has 3 aromatic heterocycles. The summed E-state index contributed by atoms with van der Waals surface area (Å²) >= 11 is 1.40. The fourth-order valence-corrected chi connectivity index (χ4v) is 3.61. The minimum atomic E-state index is -0.330. The lowest BCUT2D eigenvalue weighted by Crippen LogP contribution is -2.20. The minimum absolute atomic E-state index is 0.326. The molecule has 0 aromatic carbocycles. The summed E-state index contributed by atoms with van der Waals surface area (Å²) in [5.74, 6) is 0.581. The number of hydrogen-bond donors (Lipinski definition) is 1. The van der Waals surface area contributed by atoms with Gasteiger partial charge in [0.15, 0.2) is 0 Å². The summed E-state index contributed by atoms with van der Waals surface area (Å²) in [4.78, 5) is 13.2. The summed E-state index contributed by atoms with van der Waals surface area (Å²) in [6, 6.07) is 1.99. The molecule has 0 saturated heterocycles. The van der Waals surface area contributed by atoms with Crippen LogP contribution in [-0.4, -0.2) is 23.9 Å². The first kappa shape index (κ1) is 12.8. The Labute approximate surface area is 123 Å². The number of H-pyrrole nitrogens is 1. The van der Waals surface area contributed by atoms with Gasteiger partial charge < -0.3 is 13.9 Å². The molecular formula is C14H12N2O4S. The molecule has 0 radical (unpaired) electrons. The van der Waals surface area contributed by atoms with E-state index < -0.39 is 0 Å². The predicted octanol–water partition coefficient (Wildman–Crippen LogP) is 2.46. The van der Waals surface area contributed by atoms with Crippen molar-refractivity contribution in [2.24, 2.45) is 0 Å². The number of nitrogens with one attached hydrogen (secondary N) is 1. The second-order valence-corrected chi connectivity index (χ2v) is 5.86. The Bertz CT molecular complexity index is 850. The molecule has 4 rings (SSSR count). The molecule has 0 amide bonds. The van der Waals surface area contributed by atoms with E-state index in [1.165, 1.54) is 11.3 Å². The molecule has 21 heavy (non-hydrogen) atoms. The van der Waals surface area contributed by atoms with Crippen LogP contribution in [0.1, 0.15) is 17.4 Å². The summed E-state index contributed by atoms with van der Waals surface area (Å²) in [5.41, 5.74) is 1.52. The van der Waals surface area contributed by atoms with Gasteiger partial charge in [-0.05, 0) is 6.07 Å². The maximum atomic E-state index is 12.2. The summed E-state index contributed by atoms with van der Waals surface area (Å²) in [6.45, 7) is 0.827. The van der Waals surface area contributed by atoms with Crippen molar-refractivity contribution >= 4 is 21.4 Å². The average molecular weight is 304 g/mol. The van der Waals surface area contributed by atoms with Crippen LogP contribution in [0.3, 0.4) is 0 Å². The lowest BCUT2D eigenvalue weighted by Gasteiger charge is -2.22. The third-order valence-corrected chi connectivity index (χ3v) is 4.78. The van der Waals surface area contributed by atoms with Crippen molar-refractivity contribution < 1.29 is 13.9 Å². The van der Waals surface area contributed by atoms with Crippen LogP contribution in [0.2, 0.25) is 0 Å². The van der Waals surface area contributed by atoms with E-state index in [1.807, 2.05) is 6.07 Å². The van der Waals surface area contributed by atoms with Crippen LogP contribution < -0.4 is 5.63 Å². The van der Waals surface area contributed by atoms with Gasteiger partial charge in [-0.15, -0.1) is 11.3 Å². The number of thiophene rings is 1. The molecule has 0 aliphatic carbocycles. The van der Waals surface area contributed by atoms with E-state index in [0.29, 0.717) is 23.7 Å². The van der Waals surface area contributed by atoms with Gasteiger partial charge in [-0.1, -0.05) is 0 Å². The molecule has 1 atom stereocenters. The smallest absolute Gasteiger partial charge is 0.354 e. The Morgan fingerprint density at radius 1 is 1.52 bits per heavy atom. The molecule has 108 valence electrons. The van der Waals surface area contributed by atoms with Gasteiger partial charge in [0.1, 0.15) is 16.6 Å². The molecule has 0 spiro atoms. The Kier molecular flexibility index (Phi) is 2.91. The van der Waals surface area contributed by atoms with Crippen molar-refractivity contribution in [3.8, 4) is 10.4 Å². The Hall–Kier alpha value is -1.96. The molecule has 1 aliphatic heterocycles. The summed E-state index contributed by atoms with van der Waals surface area (Å²) in [6.07, 6.45) is 3.20. The second kappa shape index (κ2) is 4.80. The monoisotopic (exact) mass is 304 g/mol. The van der Waals surface area contributed by atoms with Gasteiger partial charge in [-0.3, -0.25) is 5.10 Å². The van der Waals surface area contributed by atoms with Gasteiger partial charge in [0.25, 0.3) is 0 Å².